The lowest BCUT2D eigenvalue weighted by Gasteiger charge is -2.18. The van der Waals surface area contributed by atoms with Crippen molar-refractivity contribution in [3.8, 4) is 0 Å². The zero-order valence-electron chi connectivity index (χ0n) is 15.4. The predicted molar refractivity (Wildman–Crippen MR) is 101 cm³/mol. The van der Waals surface area contributed by atoms with Crippen molar-refractivity contribution >= 4 is 21.6 Å². The molecule has 0 saturated heterocycles. The average Bonchev–Trinajstić information content (AvgIpc) is 2.54. The van der Waals surface area contributed by atoms with Gasteiger partial charge in [0, 0.05) is 12.6 Å². The number of amides is 1. The first-order valence-corrected chi connectivity index (χ1v) is 9.50. The highest BCUT2D eigenvalue weighted by atomic mass is 32.2. The van der Waals surface area contributed by atoms with Crippen LogP contribution in [0.1, 0.15) is 38.2 Å². The Morgan fingerprint density at radius 1 is 0.920 bits per heavy atom. The van der Waals surface area contributed by atoms with E-state index in [4.69, 9.17) is 0 Å². The van der Waals surface area contributed by atoms with Crippen LogP contribution in [0, 0.1) is 34.6 Å². The van der Waals surface area contributed by atoms with Gasteiger partial charge in [-0.25, -0.2) is 8.42 Å². The van der Waals surface area contributed by atoms with Gasteiger partial charge in [-0.15, -0.1) is 0 Å². The number of carbonyl (C=O) groups is 1. The van der Waals surface area contributed by atoms with Crippen LogP contribution in [0.3, 0.4) is 0 Å². The molecule has 1 amide bonds. The summed E-state index contributed by atoms with van der Waals surface area (Å²) in [4.78, 5) is 12.2. The number of carbonyl (C=O) groups excluding carboxylic acids is 1. The second kappa shape index (κ2) is 6.88. The Morgan fingerprint density at radius 2 is 1.48 bits per heavy atom. The van der Waals surface area contributed by atoms with E-state index in [2.05, 4.69) is 10.0 Å². The van der Waals surface area contributed by atoms with Gasteiger partial charge < -0.3 is 5.32 Å². The summed E-state index contributed by atoms with van der Waals surface area (Å²) in [7, 11) is -2.23. The van der Waals surface area contributed by atoms with Gasteiger partial charge in [0.15, 0.2) is 0 Å². The second-order valence-corrected chi connectivity index (χ2v) is 7.87. The van der Waals surface area contributed by atoms with Gasteiger partial charge in [0.1, 0.15) is 0 Å². The first kappa shape index (κ1) is 19.0. The van der Waals surface area contributed by atoms with Crippen molar-refractivity contribution in [1.29, 1.82) is 0 Å². The van der Waals surface area contributed by atoms with E-state index in [1.165, 1.54) is 0 Å². The molecule has 0 unspecified atom stereocenters. The van der Waals surface area contributed by atoms with E-state index in [1.807, 2.05) is 33.8 Å². The lowest BCUT2D eigenvalue weighted by atomic mass is 10.0. The molecule has 0 radical (unpaired) electrons. The van der Waals surface area contributed by atoms with Crippen molar-refractivity contribution < 1.29 is 13.2 Å². The highest BCUT2D eigenvalue weighted by Gasteiger charge is 2.23. The molecular formula is C19H24N2O3S. The fourth-order valence-electron chi connectivity index (χ4n) is 2.91. The summed E-state index contributed by atoms with van der Waals surface area (Å²) >= 11 is 0. The topological polar surface area (TPSA) is 75.3 Å². The molecule has 0 fully saturated rings. The van der Waals surface area contributed by atoms with Gasteiger partial charge >= 0.3 is 0 Å². The average molecular weight is 360 g/mol. The lowest BCUT2D eigenvalue weighted by molar-refractivity contribution is 0.0962. The summed E-state index contributed by atoms with van der Waals surface area (Å²) in [6, 6.07) is 6.98. The van der Waals surface area contributed by atoms with E-state index in [-0.39, 0.29) is 5.91 Å². The first-order valence-electron chi connectivity index (χ1n) is 8.02. The van der Waals surface area contributed by atoms with Crippen LogP contribution in [0.4, 0.5) is 5.69 Å². The molecule has 6 heteroatoms. The van der Waals surface area contributed by atoms with Gasteiger partial charge in [-0.05, 0) is 74.6 Å². The smallest absolute Gasteiger partial charge is 0.262 e. The fourth-order valence-corrected chi connectivity index (χ4v) is 4.65. The Balaban J connectivity index is 2.57. The number of benzene rings is 2. The Labute approximate surface area is 149 Å². The van der Waals surface area contributed by atoms with Crippen molar-refractivity contribution in [2.75, 3.05) is 11.8 Å². The summed E-state index contributed by atoms with van der Waals surface area (Å²) in [5.74, 6) is -0.252. The standard InChI is InChI=1S/C19H24N2O3S/c1-11-10-12(2)14(4)18(13(11)3)25(23,24)21-17-9-7-8-16(15(17)5)19(22)20-6/h7-10,21H,1-6H3,(H,20,22). The predicted octanol–water partition coefficient (Wildman–Crippen LogP) is 3.39. The molecule has 0 aliphatic rings. The van der Waals surface area contributed by atoms with Crippen LogP contribution in [0.15, 0.2) is 29.2 Å². The Bertz CT molecular complexity index is 921. The molecule has 2 aromatic rings. The number of hydrogen-bond acceptors (Lipinski definition) is 3. The SMILES string of the molecule is CNC(=O)c1cccc(NS(=O)(=O)c2c(C)c(C)cc(C)c2C)c1C. The maximum absolute atomic E-state index is 13.0. The van der Waals surface area contributed by atoms with Crippen LogP contribution >= 0.6 is 0 Å². The van der Waals surface area contributed by atoms with Crippen LogP contribution in [0.25, 0.3) is 0 Å². The molecule has 25 heavy (non-hydrogen) atoms. The molecule has 2 aromatic carbocycles. The Hall–Kier alpha value is -2.34. The van der Waals surface area contributed by atoms with Gasteiger partial charge in [-0.1, -0.05) is 12.1 Å². The third-order valence-corrected chi connectivity index (χ3v) is 6.25. The number of rotatable bonds is 4. The van der Waals surface area contributed by atoms with Crippen LogP contribution in [0.2, 0.25) is 0 Å². The van der Waals surface area contributed by atoms with Crippen molar-refractivity contribution in [2.24, 2.45) is 0 Å². The van der Waals surface area contributed by atoms with Crippen LogP contribution in [0.5, 0.6) is 0 Å². The van der Waals surface area contributed by atoms with E-state index >= 15 is 0 Å². The number of hydrogen-bond donors (Lipinski definition) is 2. The van der Waals surface area contributed by atoms with Gasteiger partial charge in [-0.3, -0.25) is 9.52 Å². The molecule has 5 nitrogen and oxygen atoms in total. The molecule has 0 spiro atoms. The zero-order chi connectivity index (χ0) is 18.9. The van der Waals surface area contributed by atoms with E-state index in [1.54, 1.807) is 32.2 Å². The summed E-state index contributed by atoms with van der Waals surface area (Å²) in [6.07, 6.45) is 0. The third kappa shape index (κ3) is 3.54. The number of sulfonamides is 1. The van der Waals surface area contributed by atoms with Crippen LogP contribution in [-0.2, 0) is 10.0 Å². The highest BCUT2D eigenvalue weighted by molar-refractivity contribution is 7.92. The minimum absolute atomic E-state index is 0.252. The molecule has 0 aliphatic heterocycles. The summed E-state index contributed by atoms with van der Waals surface area (Å²) in [6.45, 7) is 9.15. The molecule has 0 heterocycles. The van der Waals surface area contributed by atoms with Crippen molar-refractivity contribution in [1.82, 2.24) is 5.32 Å². The molecule has 0 saturated carbocycles. The maximum atomic E-state index is 13.0. The zero-order valence-corrected chi connectivity index (χ0v) is 16.3. The lowest BCUT2D eigenvalue weighted by Crippen LogP contribution is -2.21. The summed E-state index contributed by atoms with van der Waals surface area (Å²) < 4.78 is 28.7. The minimum atomic E-state index is -3.77. The fraction of sp³-hybridized carbons (Fsp3) is 0.316. The summed E-state index contributed by atoms with van der Waals surface area (Å²) in [5.41, 5.74) is 4.76. The largest absolute Gasteiger partial charge is 0.355 e. The highest BCUT2D eigenvalue weighted by Crippen LogP contribution is 2.29. The van der Waals surface area contributed by atoms with Crippen molar-refractivity contribution in [2.45, 2.75) is 39.5 Å². The molecule has 134 valence electrons. The van der Waals surface area contributed by atoms with Gasteiger partial charge in [0.25, 0.3) is 15.9 Å². The normalized spacial score (nSPS) is 11.3. The van der Waals surface area contributed by atoms with E-state index in [0.29, 0.717) is 21.7 Å². The van der Waals surface area contributed by atoms with Crippen LogP contribution < -0.4 is 10.0 Å². The third-order valence-electron chi connectivity index (χ3n) is 4.62. The minimum Gasteiger partial charge on any atom is -0.355 e. The molecule has 0 aromatic heterocycles. The van der Waals surface area contributed by atoms with E-state index in [9.17, 15) is 13.2 Å². The monoisotopic (exact) mass is 360 g/mol. The Kier molecular flexibility index (Phi) is 5.23. The van der Waals surface area contributed by atoms with Crippen LogP contribution in [-0.4, -0.2) is 21.4 Å². The molecule has 0 bridgehead atoms. The summed E-state index contributed by atoms with van der Waals surface area (Å²) in [5, 5.41) is 2.56. The number of nitrogens with one attached hydrogen (secondary N) is 2. The maximum Gasteiger partial charge on any atom is 0.262 e. The number of anilines is 1. The molecule has 2 rings (SSSR count). The molecular weight excluding hydrogens is 336 g/mol. The van der Waals surface area contributed by atoms with E-state index in [0.717, 1.165) is 22.3 Å². The van der Waals surface area contributed by atoms with Gasteiger partial charge in [0.05, 0.1) is 10.6 Å². The van der Waals surface area contributed by atoms with Gasteiger partial charge in [0.2, 0.25) is 0 Å². The molecule has 0 atom stereocenters. The Morgan fingerprint density at radius 3 is 2.00 bits per heavy atom. The van der Waals surface area contributed by atoms with E-state index < -0.39 is 10.0 Å². The quantitative estimate of drug-likeness (QED) is 0.877. The first-order chi connectivity index (χ1) is 11.6. The number of aryl methyl sites for hydroxylation is 2. The van der Waals surface area contributed by atoms with Crippen molar-refractivity contribution in [3.05, 3.63) is 57.6 Å². The van der Waals surface area contributed by atoms with Gasteiger partial charge in [-0.2, -0.15) is 0 Å². The molecule has 2 N–H and O–H groups in total. The molecule has 0 aliphatic carbocycles. The van der Waals surface area contributed by atoms with Crippen molar-refractivity contribution in [3.63, 3.8) is 0 Å². The second-order valence-electron chi connectivity index (χ2n) is 6.25.